The van der Waals surface area contributed by atoms with Crippen LogP contribution in [0, 0.1) is 5.92 Å². The molecule has 4 fully saturated rings. The van der Waals surface area contributed by atoms with Gasteiger partial charge in [0.25, 0.3) is 0 Å². The predicted octanol–water partition coefficient (Wildman–Crippen LogP) is 3.10. The van der Waals surface area contributed by atoms with Crippen LogP contribution in [0.5, 0.6) is 5.75 Å². The summed E-state index contributed by atoms with van der Waals surface area (Å²) >= 11 is 0. The van der Waals surface area contributed by atoms with E-state index in [1.54, 1.807) is 6.33 Å². The largest absolute Gasteiger partial charge is 0.488 e. The van der Waals surface area contributed by atoms with E-state index in [9.17, 15) is 4.39 Å². The van der Waals surface area contributed by atoms with Crippen LogP contribution < -0.4 is 15.0 Å². The van der Waals surface area contributed by atoms with Crippen molar-refractivity contribution >= 4 is 16.7 Å². The summed E-state index contributed by atoms with van der Waals surface area (Å²) in [6.45, 7) is 10.9. The normalized spacial score (nSPS) is 23.6. The second kappa shape index (κ2) is 9.98. The van der Waals surface area contributed by atoms with Crippen molar-refractivity contribution in [2.45, 2.75) is 43.9 Å². The highest BCUT2D eigenvalue weighted by molar-refractivity contribution is 5.93. The molecule has 7 rings (SSSR count). The van der Waals surface area contributed by atoms with Gasteiger partial charge in [-0.15, -0.1) is 0 Å². The number of ether oxygens (including phenoxy) is 1. The van der Waals surface area contributed by atoms with E-state index in [0.29, 0.717) is 25.6 Å². The highest BCUT2D eigenvalue weighted by Gasteiger charge is 2.40. The van der Waals surface area contributed by atoms with Crippen LogP contribution in [0.4, 0.5) is 10.2 Å². The van der Waals surface area contributed by atoms with Gasteiger partial charge in [-0.2, -0.15) is 5.10 Å². The number of nitrogens with zero attached hydrogens (tertiary/aromatic N) is 6. The maximum atomic E-state index is 14.4. The number of benzene rings is 1. The van der Waals surface area contributed by atoms with Gasteiger partial charge in [0.15, 0.2) is 0 Å². The van der Waals surface area contributed by atoms with Crippen molar-refractivity contribution in [3.63, 3.8) is 0 Å². The highest BCUT2D eigenvalue weighted by atomic mass is 19.1. The maximum Gasteiger partial charge on any atom is 0.148 e. The summed E-state index contributed by atoms with van der Waals surface area (Å²) in [7, 11) is 0. The molecule has 0 atom stereocenters. The van der Waals surface area contributed by atoms with Crippen LogP contribution in [0.15, 0.2) is 30.6 Å². The summed E-state index contributed by atoms with van der Waals surface area (Å²) in [6, 6.07) is 8.18. The van der Waals surface area contributed by atoms with E-state index >= 15 is 0 Å². The third-order valence-electron chi connectivity index (χ3n) is 9.06. The molecule has 2 N–H and O–H groups in total. The fourth-order valence-electron chi connectivity index (χ4n) is 6.21. The molecule has 9 nitrogen and oxygen atoms in total. The van der Waals surface area contributed by atoms with E-state index in [2.05, 4.69) is 59.2 Å². The molecule has 0 amide bonds. The number of hydrogen-bond acceptors (Lipinski definition) is 8. The minimum Gasteiger partial charge on any atom is -0.488 e. The molecule has 0 radical (unpaired) electrons. The Bertz CT molecular complexity index is 1310. The number of H-pyrrole nitrogens is 1. The molecule has 10 heteroatoms. The molecule has 1 saturated carbocycles. The molecule has 3 aliphatic heterocycles. The number of fused-ring (bicyclic) bond motifs is 1. The van der Waals surface area contributed by atoms with E-state index in [1.807, 2.05) is 12.1 Å². The number of aromatic nitrogens is 4. The van der Waals surface area contributed by atoms with Crippen LogP contribution in [0.3, 0.4) is 0 Å². The van der Waals surface area contributed by atoms with Gasteiger partial charge in [0, 0.05) is 76.9 Å². The Morgan fingerprint density at radius 3 is 2.49 bits per heavy atom. The molecule has 0 spiro atoms. The Morgan fingerprint density at radius 2 is 1.77 bits per heavy atom. The van der Waals surface area contributed by atoms with E-state index in [-0.39, 0.29) is 5.60 Å². The van der Waals surface area contributed by atoms with Gasteiger partial charge in [-0.25, -0.2) is 14.4 Å². The first-order chi connectivity index (χ1) is 18.9. The molecule has 1 aliphatic carbocycles. The smallest absolute Gasteiger partial charge is 0.148 e. The zero-order chi connectivity index (χ0) is 26.5. The van der Waals surface area contributed by atoms with E-state index in [4.69, 9.17) is 4.74 Å². The summed E-state index contributed by atoms with van der Waals surface area (Å²) in [5.74, 6) is 2.54. The number of halogens is 1. The predicted molar refractivity (Wildman–Crippen MR) is 150 cm³/mol. The highest BCUT2D eigenvalue weighted by Crippen LogP contribution is 2.40. The second-order valence-electron chi connectivity index (χ2n) is 12.4. The van der Waals surface area contributed by atoms with E-state index in [0.717, 1.165) is 105 Å². The van der Waals surface area contributed by atoms with Crippen LogP contribution in [0.25, 0.3) is 22.3 Å². The average molecular weight is 535 g/mol. The number of anilines is 1. The molecule has 39 heavy (non-hydrogen) atoms. The number of nitrogens with one attached hydrogen (secondary N) is 2. The average Bonchev–Trinajstić information content (AvgIpc) is 3.51. The van der Waals surface area contributed by atoms with Crippen LogP contribution in [-0.4, -0.2) is 107 Å². The second-order valence-corrected chi connectivity index (χ2v) is 12.4. The molecule has 0 unspecified atom stereocenters. The maximum absolute atomic E-state index is 14.4. The first-order valence-corrected chi connectivity index (χ1v) is 14.5. The number of piperidine rings is 1. The molecular formula is C29H39FN8O. The fourth-order valence-corrected chi connectivity index (χ4v) is 6.21. The molecule has 4 aliphatic rings. The third kappa shape index (κ3) is 5.47. The molecule has 2 aromatic heterocycles. The number of rotatable bonds is 8. The van der Waals surface area contributed by atoms with Gasteiger partial charge in [-0.3, -0.25) is 10.00 Å². The number of piperazine rings is 1. The molecular weight excluding hydrogens is 495 g/mol. The van der Waals surface area contributed by atoms with Crippen molar-refractivity contribution in [2.75, 3.05) is 70.3 Å². The monoisotopic (exact) mass is 534 g/mol. The van der Waals surface area contributed by atoms with Crippen molar-refractivity contribution < 1.29 is 9.13 Å². The summed E-state index contributed by atoms with van der Waals surface area (Å²) in [5, 5.41) is 11.8. The molecule has 208 valence electrons. The molecule has 1 aromatic carbocycles. The summed E-state index contributed by atoms with van der Waals surface area (Å²) < 4.78 is 20.6. The van der Waals surface area contributed by atoms with Gasteiger partial charge < -0.3 is 19.9 Å². The Hall–Kier alpha value is -2.82. The van der Waals surface area contributed by atoms with Gasteiger partial charge in [-0.1, -0.05) is 0 Å². The third-order valence-corrected chi connectivity index (χ3v) is 9.06. The quantitative estimate of drug-likeness (QED) is 0.456. The first kappa shape index (κ1) is 25.2. The lowest BCUT2D eigenvalue weighted by Crippen LogP contribution is -2.63. The summed E-state index contributed by atoms with van der Waals surface area (Å²) in [4.78, 5) is 16.5. The number of aromatic amines is 1. The number of hydrogen-bond donors (Lipinski definition) is 2. The van der Waals surface area contributed by atoms with Crippen molar-refractivity contribution in [2.24, 2.45) is 5.92 Å². The van der Waals surface area contributed by atoms with Crippen LogP contribution in [0.2, 0.25) is 0 Å². The zero-order valence-electron chi connectivity index (χ0n) is 22.8. The summed E-state index contributed by atoms with van der Waals surface area (Å²) in [5.41, 5.74) is 1.61. The lowest BCUT2D eigenvalue weighted by molar-refractivity contribution is 0.0193. The van der Waals surface area contributed by atoms with Crippen molar-refractivity contribution in [3.8, 4) is 17.1 Å². The van der Waals surface area contributed by atoms with Crippen LogP contribution in [-0.2, 0) is 0 Å². The Kier molecular flexibility index (Phi) is 6.44. The standard InChI is InChI=1S/C29H39FN8O/c1-28(6-7-28)39-22-2-3-24-23(14-22)27(35-34-24)25-15-26(33-20-32-25)38-8-4-21(5-9-38)16-36-10-12-37(13-11-36)19-29(30)17-31-18-29/h2-3,14-15,20-21,31H,4-13,16-19H2,1H3,(H,34,35). The van der Waals surface area contributed by atoms with Crippen molar-refractivity contribution in [1.29, 1.82) is 0 Å². The minimum absolute atomic E-state index is 0.0215. The van der Waals surface area contributed by atoms with Gasteiger partial charge in [0.2, 0.25) is 0 Å². The molecule has 3 saturated heterocycles. The Labute approximate surface area is 229 Å². The van der Waals surface area contributed by atoms with Gasteiger partial charge in [0.1, 0.15) is 34.9 Å². The lowest BCUT2D eigenvalue weighted by atomic mass is 9.95. The van der Waals surface area contributed by atoms with E-state index in [1.165, 1.54) is 0 Å². The van der Waals surface area contributed by atoms with Crippen molar-refractivity contribution in [3.05, 3.63) is 30.6 Å². The van der Waals surface area contributed by atoms with Crippen LogP contribution in [0.1, 0.15) is 32.6 Å². The SMILES string of the molecule is CC1(Oc2ccc3[nH]nc(-c4cc(N5CCC(CN6CCN(CC7(F)CNC7)CC6)CC5)ncn4)c3c2)CC1. The van der Waals surface area contributed by atoms with Gasteiger partial charge in [-0.05, 0) is 56.7 Å². The molecule has 3 aromatic rings. The van der Waals surface area contributed by atoms with Gasteiger partial charge in [0.05, 0.1) is 11.2 Å². The fraction of sp³-hybridized carbons (Fsp3) is 0.621. The minimum atomic E-state index is -1.01. The number of alkyl halides is 1. The lowest BCUT2D eigenvalue weighted by Gasteiger charge is -2.43. The summed E-state index contributed by atoms with van der Waals surface area (Å²) in [6.07, 6.45) is 6.17. The Morgan fingerprint density at radius 1 is 1.00 bits per heavy atom. The van der Waals surface area contributed by atoms with Gasteiger partial charge >= 0.3 is 0 Å². The molecule has 5 heterocycles. The van der Waals surface area contributed by atoms with Crippen LogP contribution >= 0.6 is 0 Å². The van der Waals surface area contributed by atoms with Crippen molar-refractivity contribution in [1.82, 2.24) is 35.3 Å². The zero-order valence-corrected chi connectivity index (χ0v) is 22.8. The Balaban J connectivity index is 0.948. The molecule has 0 bridgehead atoms. The topological polar surface area (TPSA) is 85.4 Å². The first-order valence-electron chi connectivity index (χ1n) is 14.5. The van der Waals surface area contributed by atoms with E-state index < -0.39 is 5.67 Å².